The molecule has 1 amide bonds. The van der Waals surface area contributed by atoms with E-state index in [0.29, 0.717) is 42.4 Å². The summed E-state index contributed by atoms with van der Waals surface area (Å²) in [6.45, 7) is 28.3. The van der Waals surface area contributed by atoms with E-state index in [0.717, 1.165) is 37.9 Å². The molecule has 0 saturated heterocycles. The van der Waals surface area contributed by atoms with E-state index in [2.05, 4.69) is 80.2 Å². The molecule has 0 rings (SSSR count). The monoisotopic (exact) mass is 461 g/mol. The van der Waals surface area contributed by atoms with Gasteiger partial charge in [-0.3, -0.25) is 4.79 Å². The third-order valence-corrected chi connectivity index (χ3v) is 4.66. The van der Waals surface area contributed by atoms with Crippen LogP contribution in [0.3, 0.4) is 0 Å². The SMILES string of the molecule is C=C(CN)NCC(=C)NCC(=O)NCC(=C)NC(CCCCNC(=C)CC(C)(C)C)C(=C)N. The first-order chi connectivity index (χ1) is 15.3. The van der Waals surface area contributed by atoms with Gasteiger partial charge in [0.25, 0.3) is 0 Å². The molecule has 0 aromatic rings. The topological polar surface area (TPSA) is 129 Å². The van der Waals surface area contributed by atoms with Crippen LogP contribution in [-0.2, 0) is 4.79 Å². The second-order valence-corrected chi connectivity index (χ2v) is 9.53. The predicted octanol–water partition coefficient (Wildman–Crippen LogP) is 1.92. The molecule has 33 heavy (non-hydrogen) atoms. The summed E-state index contributed by atoms with van der Waals surface area (Å²) in [6.07, 6.45) is 3.76. The van der Waals surface area contributed by atoms with Crippen LogP contribution >= 0.6 is 0 Å². The Morgan fingerprint density at radius 2 is 1.42 bits per heavy atom. The van der Waals surface area contributed by atoms with Gasteiger partial charge >= 0.3 is 0 Å². The van der Waals surface area contributed by atoms with Crippen molar-refractivity contribution in [3.8, 4) is 0 Å². The molecule has 0 bridgehead atoms. The van der Waals surface area contributed by atoms with Crippen molar-refractivity contribution in [2.45, 2.75) is 52.5 Å². The summed E-state index contributed by atoms with van der Waals surface area (Å²) in [4.78, 5) is 12.1. The number of hydrogen-bond donors (Lipinski definition) is 7. The van der Waals surface area contributed by atoms with Gasteiger partial charge in [0.05, 0.1) is 25.7 Å². The van der Waals surface area contributed by atoms with Crippen molar-refractivity contribution in [1.29, 1.82) is 0 Å². The van der Waals surface area contributed by atoms with Crippen LogP contribution in [0.4, 0.5) is 0 Å². The van der Waals surface area contributed by atoms with Crippen molar-refractivity contribution in [2.24, 2.45) is 16.9 Å². The third-order valence-electron chi connectivity index (χ3n) is 4.66. The minimum Gasteiger partial charge on any atom is -0.401 e. The van der Waals surface area contributed by atoms with Crippen LogP contribution in [0.15, 0.2) is 61.4 Å². The standard InChI is InChI=1S/C25H47N7O/c1-18(13-25(6,7)8)28-12-10-9-11-23(22(5)27)32-21(4)16-31-24(33)17-30-20(3)15-29-19(2)14-26/h23,28-30,32H,1-5,9-17,26-27H2,6-8H3,(H,31,33). The molecule has 0 aliphatic heterocycles. The van der Waals surface area contributed by atoms with Crippen LogP contribution in [0, 0.1) is 5.41 Å². The first-order valence-corrected chi connectivity index (χ1v) is 11.4. The number of unbranched alkanes of at least 4 members (excludes halogenated alkanes) is 1. The molecule has 0 aromatic carbocycles. The quantitative estimate of drug-likeness (QED) is 0.146. The van der Waals surface area contributed by atoms with E-state index in [1.165, 1.54) is 0 Å². The van der Waals surface area contributed by atoms with Crippen molar-refractivity contribution in [2.75, 3.05) is 32.7 Å². The summed E-state index contributed by atoms with van der Waals surface area (Å²) in [6, 6.07) is -0.0909. The molecule has 9 N–H and O–H groups in total. The van der Waals surface area contributed by atoms with E-state index < -0.39 is 0 Å². The molecule has 8 heteroatoms. The molecule has 0 aromatic heterocycles. The smallest absolute Gasteiger partial charge is 0.239 e. The lowest BCUT2D eigenvalue weighted by molar-refractivity contribution is -0.119. The normalized spacial score (nSPS) is 11.6. The number of nitrogens with one attached hydrogen (secondary N) is 5. The minimum absolute atomic E-state index is 0.0909. The number of hydrogen-bond acceptors (Lipinski definition) is 7. The molecule has 0 spiro atoms. The molecule has 0 aliphatic carbocycles. The van der Waals surface area contributed by atoms with Crippen LogP contribution < -0.4 is 38.1 Å². The van der Waals surface area contributed by atoms with Gasteiger partial charge in [-0.25, -0.2) is 0 Å². The van der Waals surface area contributed by atoms with Gasteiger partial charge in [0.1, 0.15) is 0 Å². The molecule has 0 heterocycles. The van der Waals surface area contributed by atoms with Gasteiger partial charge in [-0.1, -0.05) is 53.7 Å². The Morgan fingerprint density at radius 3 is 2.00 bits per heavy atom. The number of allylic oxidation sites excluding steroid dienone is 1. The Morgan fingerprint density at radius 1 is 0.818 bits per heavy atom. The Balaban J connectivity index is 4.13. The number of carbonyl (C=O) groups is 1. The lowest BCUT2D eigenvalue weighted by Crippen LogP contribution is -2.40. The maximum Gasteiger partial charge on any atom is 0.239 e. The molecular formula is C25H47N7O. The number of amides is 1. The summed E-state index contributed by atoms with van der Waals surface area (Å²) >= 11 is 0. The minimum atomic E-state index is -0.165. The lowest BCUT2D eigenvalue weighted by Gasteiger charge is -2.22. The summed E-state index contributed by atoms with van der Waals surface area (Å²) in [5.74, 6) is -0.165. The van der Waals surface area contributed by atoms with E-state index in [9.17, 15) is 4.79 Å². The molecule has 0 fully saturated rings. The Bertz CT molecular complexity index is 691. The highest BCUT2D eigenvalue weighted by atomic mass is 16.1. The van der Waals surface area contributed by atoms with E-state index in [-0.39, 0.29) is 23.9 Å². The fourth-order valence-corrected chi connectivity index (χ4v) is 2.93. The first kappa shape index (κ1) is 30.1. The molecule has 0 saturated carbocycles. The summed E-state index contributed by atoms with van der Waals surface area (Å²) in [5, 5.41) is 15.4. The summed E-state index contributed by atoms with van der Waals surface area (Å²) < 4.78 is 0. The van der Waals surface area contributed by atoms with Gasteiger partial charge in [0, 0.05) is 41.6 Å². The number of nitrogens with two attached hydrogens (primary N) is 2. The molecule has 0 aliphatic rings. The highest BCUT2D eigenvalue weighted by Gasteiger charge is 2.13. The summed E-state index contributed by atoms with van der Waals surface area (Å²) in [7, 11) is 0. The van der Waals surface area contributed by atoms with Crippen molar-refractivity contribution in [1.82, 2.24) is 26.6 Å². The average Bonchev–Trinajstić information content (AvgIpc) is 2.71. The summed E-state index contributed by atoms with van der Waals surface area (Å²) in [5.41, 5.74) is 15.3. The average molecular weight is 462 g/mol. The van der Waals surface area contributed by atoms with E-state index in [1.54, 1.807) is 0 Å². The van der Waals surface area contributed by atoms with Crippen LogP contribution in [0.2, 0.25) is 0 Å². The van der Waals surface area contributed by atoms with Crippen molar-refractivity contribution >= 4 is 5.91 Å². The maximum atomic E-state index is 12.1. The van der Waals surface area contributed by atoms with E-state index in [1.807, 2.05) is 0 Å². The molecule has 0 radical (unpaired) electrons. The van der Waals surface area contributed by atoms with E-state index in [4.69, 9.17) is 11.5 Å². The van der Waals surface area contributed by atoms with E-state index >= 15 is 0 Å². The number of carbonyl (C=O) groups excluding carboxylic acids is 1. The van der Waals surface area contributed by atoms with Gasteiger partial charge < -0.3 is 38.1 Å². The van der Waals surface area contributed by atoms with Gasteiger partial charge in [-0.15, -0.1) is 0 Å². The fourth-order valence-electron chi connectivity index (χ4n) is 2.93. The molecule has 188 valence electrons. The van der Waals surface area contributed by atoms with Gasteiger partial charge in [0.15, 0.2) is 0 Å². The Labute approximate surface area is 201 Å². The van der Waals surface area contributed by atoms with Crippen LogP contribution in [0.25, 0.3) is 0 Å². The second kappa shape index (κ2) is 15.9. The van der Waals surface area contributed by atoms with Gasteiger partial charge in [0.2, 0.25) is 5.91 Å². The predicted molar refractivity (Wildman–Crippen MR) is 141 cm³/mol. The third kappa shape index (κ3) is 17.4. The van der Waals surface area contributed by atoms with Crippen LogP contribution in [0.5, 0.6) is 0 Å². The second-order valence-electron chi connectivity index (χ2n) is 9.53. The van der Waals surface area contributed by atoms with Crippen LogP contribution in [-0.4, -0.2) is 44.7 Å². The molecular weight excluding hydrogens is 414 g/mol. The van der Waals surface area contributed by atoms with Crippen molar-refractivity contribution < 1.29 is 4.79 Å². The molecule has 8 nitrogen and oxygen atoms in total. The fraction of sp³-hybridized carbons (Fsp3) is 0.560. The maximum absolute atomic E-state index is 12.1. The zero-order valence-electron chi connectivity index (χ0n) is 21.0. The van der Waals surface area contributed by atoms with Gasteiger partial charge in [-0.05, 0) is 31.1 Å². The zero-order valence-corrected chi connectivity index (χ0v) is 21.0. The first-order valence-electron chi connectivity index (χ1n) is 11.4. The van der Waals surface area contributed by atoms with Crippen molar-refractivity contribution in [3.63, 3.8) is 0 Å². The van der Waals surface area contributed by atoms with Crippen LogP contribution in [0.1, 0.15) is 46.5 Å². The van der Waals surface area contributed by atoms with Crippen molar-refractivity contribution in [3.05, 3.63) is 61.4 Å². The highest BCUT2D eigenvalue weighted by Crippen LogP contribution is 2.21. The molecule has 1 atom stereocenters. The highest BCUT2D eigenvalue weighted by molar-refractivity contribution is 5.78. The lowest BCUT2D eigenvalue weighted by atomic mass is 9.91. The zero-order chi connectivity index (χ0) is 25.4. The molecule has 1 unspecified atom stereocenters. The number of rotatable bonds is 19. The van der Waals surface area contributed by atoms with Gasteiger partial charge in [-0.2, -0.15) is 0 Å². The Kier molecular flexibility index (Phi) is 14.5. The largest absolute Gasteiger partial charge is 0.401 e. The Hall–Kier alpha value is -2.87.